The molecule has 0 unspecified atom stereocenters. The van der Waals surface area contributed by atoms with Gasteiger partial charge in [-0.1, -0.05) is 65.0 Å². The largest absolute Gasteiger partial charge is 0.494 e. The Bertz CT molecular complexity index is 851. The van der Waals surface area contributed by atoms with Crippen LogP contribution in [-0.2, 0) is 33.2 Å². The fourth-order valence-electron chi connectivity index (χ4n) is 3.76. The van der Waals surface area contributed by atoms with Crippen LogP contribution < -0.4 is 10.2 Å². The molecule has 0 saturated carbocycles. The molecule has 2 heterocycles. The predicted molar refractivity (Wildman–Crippen MR) is 110 cm³/mol. The van der Waals surface area contributed by atoms with Gasteiger partial charge in [0.25, 0.3) is 0 Å². The summed E-state index contributed by atoms with van der Waals surface area (Å²) in [5.74, 6) is 1.03. The molecule has 0 spiro atoms. The molecule has 0 aliphatic carbocycles. The maximum absolute atomic E-state index is 6.27. The van der Waals surface area contributed by atoms with E-state index < -0.39 is 0 Å². The van der Waals surface area contributed by atoms with E-state index >= 15 is 0 Å². The number of rotatable bonds is 4. The first kappa shape index (κ1) is 18.6. The van der Waals surface area contributed by atoms with Gasteiger partial charge in [-0.25, -0.2) is 0 Å². The van der Waals surface area contributed by atoms with Crippen LogP contribution in [0.5, 0.6) is 5.75 Å². The molecule has 2 aliphatic rings. The van der Waals surface area contributed by atoms with Crippen LogP contribution >= 0.6 is 0 Å². The Morgan fingerprint density at radius 2 is 1.70 bits per heavy atom. The molecule has 4 heteroatoms. The van der Waals surface area contributed by atoms with Crippen molar-refractivity contribution in [3.05, 3.63) is 58.7 Å². The van der Waals surface area contributed by atoms with Gasteiger partial charge in [0, 0.05) is 18.4 Å². The third-order valence-corrected chi connectivity index (χ3v) is 5.73. The van der Waals surface area contributed by atoms with Crippen LogP contribution in [0.1, 0.15) is 56.9 Å². The fraction of sp³-hybridized carbons (Fsp3) is 0.478. The highest BCUT2D eigenvalue weighted by Crippen LogP contribution is 2.32. The van der Waals surface area contributed by atoms with Crippen molar-refractivity contribution in [3.8, 4) is 5.75 Å². The molecule has 0 bridgehead atoms. The number of fused-ring (bicyclic) bond motifs is 2. The van der Waals surface area contributed by atoms with E-state index in [1.165, 1.54) is 27.7 Å². The van der Waals surface area contributed by atoms with Gasteiger partial charge in [-0.15, -0.1) is 0 Å². The molecule has 2 aliphatic heterocycles. The molecule has 0 aromatic heterocycles. The third-order valence-electron chi connectivity index (χ3n) is 5.73. The average Bonchev–Trinajstić information content (AvgIpc) is 3.24. The van der Waals surface area contributed by atoms with Crippen molar-refractivity contribution in [3.63, 3.8) is 0 Å². The standard InChI is InChI=1S/C23H29BO3/c1-22(2,3)18-8-7-17-14-26-24(20(17)12-18)27-15-23(4,5)19-9-6-16-10-11-25-21(16)13-19/h6-9,12-13H,10-11,14-15H2,1-5H3. The summed E-state index contributed by atoms with van der Waals surface area (Å²) in [6.07, 6.45) is 1.01. The van der Waals surface area contributed by atoms with Crippen molar-refractivity contribution in [1.82, 2.24) is 0 Å². The summed E-state index contributed by atoms with van der Waals surface area (Å²) in [5.41, 5.74) is 6.27. The molecule has 27 heavy (non-hydrogen) atoms. The number of hydrogen-bond acceptors (Lipinski definition) is 3. The molecule has 2 aromatic carbocycles. The first-order valence-corrected chi connectivity index (χ1v) is 9.87. The molecule has 142 valence electrons. The van der Waals surface area contributed by atoms with Crippen molar-refractivity contribution in [1.29, 1.82) is 0 Å². The lowest BCUT2D eigenvalue weighted by Crippen LogP contribution is -2.37. The van der Waals surface area contributed by atoms with Crippen LogP contribution in [0.4, 0.5) is 0 Å². The molecule has 0 N–H and O–H groups in total. The van der Waals surface area contributed by atoms with Gasteiger partial charge in [0.2, 0.25) is 0 Å². The van der Waals surface area contributed by atoms with E-state index in [1.807, 2.05) is 0 Å². The molecule has 2 aromatic rings. The minimum Gasteiger partial charge on any atom is -0.493 e. The average molecular weight is 364 g/mol. The van der Waals surface area contributed by atoms with Crippen LogP contribution in [-0.4, -0.2) is 20.3 Å². The van der Waals surface area contributed by atoms with E-state index in [2.05, 4.69) is 71.0 Å². The highest BCUT2D eigenvalue weighted by atomic mass is 16.6. The Morgan fingerprint density at radius 1 is 0.963 bits per heavy atom. The van der Waals surface area contributed by atoms with Gasteiger partial charge in [0.1, 0.15) is 5.75 Å². The quantitative estimate of drug-likeness (QED) is 0.764. The second-order valence-corrected chi connectivity index (χ2v) is 9.42. The topological polar surface area (TPSA) is 27.7 Å². The zero-order chi connectivity index (χ0) is 19.2. The van der Waals surface area contributed by atoms with E-state index in [0.29, 0.717) is 13.2 Å². The smallest absolute Gasteiger partial charge is 0.493 e. The van der Waals surface area contributed by atoms with Crippen molar-refractivity contribution < 1.29 is 14.0 Å². The summed E-state index contributed by atoms with van der Waals surface area (Å²) in [6.45, 7) is 13.1. The monoisotopic (exact) mass is 364 g/mol. The van der Waals surface area contributed by atoms with Gasteiger partial charge < -0.3 is 14.0 Å². The SMILES string of the molecule is CC(C)(C)c1ccc2c(c1)B(OCC(C)(C)c1ccc3c(c1)OCC3)OC2. The maximum Gasteiger partial charge on any atom is 0.494 e. The summed E-state index contributed by atoms with van der Waals surface area (Å²) in [6, 6.07) is 13.2. The molecular formula is C23H29BO3. The lowest BCUT2D eigenvalue weighted by Gasteiger charge is -2.27. The molecule has 0 saturated heterocycles. The predicted octanol–water partition coefficient (Wildman–Crippen LogP) is 4.14. The van der Waals surface area contributed by atoms with Crippen molar-refractivity contribution >= 4 is 12.6 Å². The Balaban J connectivity index is 1.50. The summed E-state index contributed by atoms with van der Waals surface area (Å²) in [4.78, 5) is 0. The van der Waals surface area contributed by atoms with Crippen LogP contribution in [0.2, 0.25) is 0 Å². The first-order valence-electron chi connectivity index (χ1n) is 9.87. The first-order chi connectivity index (χ1) is 12.7. The van der Waals surface area contributed by atoms with Crippen molar-refractivity contribution in [2.45, 2.75) is 58.5 Å². The summed E-state index contributed by atoms with van der Waals surface area (Å²) in [5, 5.41) is 0. The lowest BCUT2D eigenvalue weighted by molar-refractivity contribution is 0.176. The molecule has 4 rings (SSSR count). The van der Waals surface area contributed by atoms with Crippen molar-refractivity contribution in [2.75, 3.05) is 13.2 Å². The van der Waals surface area contributed by atoms with E-state index in [-0.39, 0.29) is 17.9 Å². The van der Waals surface area contributed by atoms with Gasteiger partial charge in [0.15, 0.2) is 0 Å². The molecule has 0 amide bonds. The lowest BCUT2D eigenvalue weighted by atomic mass is 9.74. The van der Waals surface area contributed by atoms with Crippen LogP contribution in [0.3, 0.4) is 0 Å². The van der Waals surface area contributed by atoms with Gasteiger partial charge in [-0.05, 0) is 39.2 Å². The highest BCUT2D eigenvalue weighted by Gasteiger charge is 2.34. The summed E-state index contributed by atoms with van der Waals surface area (Å²) >= 11 is 0. The Labute approximate surface area is 163 Å². The van der Waals surface area contributed by atoms with E-state index in [1.54, 1.807) is 0 Å². The molecule has 0 atom stereocenters. The maximum atomic E-state index is 6.27. The highest BCUT2D eigenvalue weighted by molar-refractivity contribution is 6.62. The second kappa shape index (κ2) is 6.68. The van der Waals surface area contributed by atoms with Gasteiger partial charge in [0.05, 0.1) is 13.2 Å². The Morgan fingerprint density at radius 3 is 2.48 bits per heavy atom. The molecular weight excluding hydrogens is 335 g/mol. The molecule has 3 nitrogen and oxygen atoms in total. The Kier molecular flexibility index (Phi) is 4.60. The van der Waals surface area contributed by atoms with E-state index in [0.717, 1.165) is 18.8 Å². The second-order valence-electron chi connectivity index (χ2n) is 9.42. The van der Waals surface area contributed by atoms with Crippen LogP contribution in [0.25, 0.3) is 0 Å². The van der Waals surface area contributed by atoms with Crippen LogP contribution in [0.15, 0.2) is 36.4 Å². The van der Waals surface area contributed by atoms with E-state index in [4.69, 9.17) is 14.0 Å². The van der Waals surface area contributed by atoms with Gasteiger partial charge in [-0.2, -0.15) is 0 Å². The van der Waals surface area contributed by atoms with Crippen LogP contribution in [0, 0.1) is 0 Å². The Hall–Kier alpha value is -1.78. The minimum absolute atomic E-state index is 0.116. The third kappa shape index (κ3) is 3.65. The molecule has 0 radical (unpaired) electrons. The number of ether oxygens (including phenoxy) is 1. The number of benzene rings is 2. The van der Waals surface area contributed by atoms with Gasteiger partial charge >= 0.3 is 7.12 Å². The number of hydrogen-bond donors (Lipinski definition) is 0. The summed E-state index contributed by atoms with van der Waals surface area (Å²) in [7, 11) is -0.285. The minimum atomic E-state index is -0.285. The fourth-order valence-corrected chi connectivity index (χ4v) is 3.76. The molecule has 0 fully saturated rings. The van der Waals surface area contributed by atoms with Crippen molar-refractivity contribution in [2.24, 2.45) is 0 Å². The normalized spacial score (nSPS) is 16.3. The zero-order valence-electron chi connectivity index (χ0n) is 17.1. The zero-order valence-corrected chi connectivity index (χ0v) is 17.1. The van der Waals surface area contributed by atoms with Gasteiger partial charge in [-0.3, -0.25) is 0 Å². The summed E-state index contributed by atoms with van der Waals surface area (Å²) < 4.78 is 18.0. The van der Waals surface area contributed by atoms with E-state index in [9.17, 15) is 0 Å².